The minimum absolute atomic E-state index is 0. The Morgan fingerprint density at radius 1 is 1.09 bits per heavy atom. The normalized spacial score (nSPS) is 15.6. The number of likely N-dealkylation sites (tertiary alicyclic amines) is 1. The van der Waals surface area contributed by atoms with Crippen molar-refractivity contribution in [3.8, 4) is 12.3 Å². The molecule has 234 valence electrons. The van der Waals surface area contributed by atoms with Crippen molar-refractivity contribution in [3.63, 3.8) is 0 Å². The molecule has 10 heteroatoms. The van der Waals surface area contributed by atoms with Crippen LogP contribution in [0.25, 0.3) is 0 Å². The molecule has 4 rings (SSSR count). The number of amides is 2. The number of nitrogens with one attached hydrogen (secondary N) is 2. The van der Waals surface area contributed by atoms with Crippen molar-refractivity contribution in [2.24, 2.45) is 0 Å². The van der Waals surface area contributed by atoms with Crippen LogP contribution in [0, 0.1) is 30.9 Å². The maximum absolute atomic E-state index is 14.0. The standard InChI is InChI=1S/C34H37F2N3O4.ClH/c1-4-23-7-5-8-24(13-23)19-37-20-32(40)31(16-25-14-28(35)18-29(36)15-25)38-33(41)26-11-22(2)12-27(17-26)34(42)39-10-6-9-30(39)21-43-3;/h1,5,7-8,11-15,17-18,30-32,37,40H,6,9-10,16,19-21H2,2-3H3,(H,38,41);1H/t30-,31+,32+;/m1./s1. The lowest BCUT2D eigenvalue weighted by Gasteiger charge is -2.26. The van der Waals surface area contributed by atoms with Crippen molar-refractivity contribution < 1.29 is 28.2 Å². The van der Waals surface area contributed by atoms with Gasteiger partial charge in [0.25, 0.3) is 11.8 Å². The van der Waals surface area contributed by atoms with E-state index in [0.717, 1.165) is 35.6 Å². The minimum Gasteiger partial charge on any atom is -0.390 e. The van der Waals surface area contributed by atoms with E-state index in [4.69, 9.17) is 11.2 Å². The van der Waals surface area contributed by atoms with Crippen molar-refractivity contribution in [1.82, 2.24) is 15.5 Å². The molecule has 1 saturated heterocycles. The Morgan fingerprint density at radius 2 is 1.82 bits per heavy atom. The number of terminal acetylenes is 1. The van der Waals surface area contributed by atoms with E-state index in [2.05, 4.69) is 16.6 Å². The number of methoxy groups -OCH3 is 1. The number of halogens is 3. The molecule has 3 aromatic carbocycles. The van der Waals surface area contributed by atoms with E-state index in [1.807, 2.05) is 24.3 Å². The summed E-state index contributed by atoms with van der Waals surface area (Å²) >= 11 is 0. The van der Waals surface area contributed by atoms with Crippen molar-refractivity contribution in [1.29, 1.82) is 0 Å². The number of aryl methyl sites for hydroxylation is 1. The van der Waals surface area contributed by atoms with Crippen molar-refractivity contribution in [2.45, 2.75) is 50.9 Å². The van der Waals surface area contributed by atoms with Crippen LogP contribution in [0.3, 0.4) is 0 Å². The van der Waals surface area contributed by atoms with Gasteiger partial charge in [-0.15, -0.1) is 18.8 Å². The molecule has 1 heterocycles. The summed E-state index contributed by atoms with van der Waals surface area (Å²) in [5.74, 6) is 0.378. The number of hydrogen-bond donors (Lipinski definition) is 3. The summed E-state index contributed by atoms with van der Waals surface area (Å²) in [6, 6.07) is 14.5. The Hall–Kier alpha value is -3.81. The summed E-state index contributed by atoms with van der Waals surface area (Å²) in [5.41, 5.74) is 3.27. The summed E-state index contributed by atoms with van der Waals surface area (Å²) in [5, 5.41) is 17.1. The molecule has 0 saturated carbocycles. The van der Waals surface area contributed by atoms with Gasteiger partial charge in [-0.2, -0.15) is 0 Å². The van der Waals surface area contributed by atoms with Gasteiger partial charge in [0.2, 0.25) is 0 Å². The molecule has 0 unspecified atom stereocenters. The Balaban J connectivity index is 0.00000529. The van der Waals surface area contributed by atoms with Gasteiger partial charge in [0.05, 0.1) is 24.8 Å². The lowest BCUT2D eigenvalue weighted by molar-refractivity contribution is 0.0630. The van der Waals surface area contributed by atoms with Gasteiger partial charge in [0, 0.05) is 49.5 Å². The highest BCUT2D eigenvalue weighted by molar-refractivity contribution is 6.00. The largest absolute Gasteiger partial charge is 0.390 e. The molecule has 0 aliphatic carbocycles. The zero-order valence-electron chi connectivity index (χ0n) is 24.8. The molecule has 0 aromatic heterocycles. The SMILES string of the molecule is C#Cc1cccc(CNC[C@H](O)[C@H](Cc2cc(F)cc(F)c2)NC(=O)c2cc(C)cc(C(=O)N3CCC[C@@H]3COC)c2)c1.Cl. The third kappa shape index (κ3) is 9.34. The van der Waals surface area contributed by atoms with Crippen LogP contribution in [0.5, 0.6) is 0 Å². The number of aliphatic hydroxyl groups excluding tert-OH is 1. The van der Waals surface area contributed by atoms with E-state index in [0.29, 0.717) is 25.3 Å². The number of carbonyl (C=O) groups is 2. The van der Waals surface area contributed by atoms with Crippen LogP contribution in [-0.4, -0.2) is 66.8 Å². The van der Waals surface area contributed by atoms with Crippen molar-refractivity contribution in [3.05, 3.63) is 106 Å². The quantitative estimate of drug-likeness (QED) is 0.259. The smallest absolute Gasteiger partial charge is 0.254 e. The van der Waals surface area contributed by atoms with Gasteiger partial charge in [-0.25, -0.2) is 8.78 Å². The molecule has 1 aliphatic rings. The number of ether oxygens (including phenoxy) is 1. The van der Waals surface area contributed by atoms with Crippen LogP contribution in [0.1, 0.15) is 55.8 Å². The summed E-state index contributed by atoms with van der Waals surface area (Å²) in [4.78, 5) is 28.7. The molecule has 2 amide bonds. The Morgan fingerprint density at radius 3 is 2.52 bits per heavy atom. The Bertz CT molecular complexity index is 1480. The van der Waals surface area contributed by atoms with Gasteiger partial charge in [0.1, 0.15) is 11.6 Å². The van der Waals surface area contributed by atoms with E-state index < -0.39 is 29.7 Å². The Kier molecular flexibility index (Phi) is 12.9. The number of carbonyl (C=O) groups excluding carboxylic acids is 2. The van der Waals surface area contributed by atoms with Crippen molar-refractivity contribution in [2.75, 3.05) is 26.8 Å². The fraction of sp³-hybridized carbons (Fsp3) is 0.353. The second kappa shape index (κ2) is 16.3. The molecule has 7 nitrogen and oxygen atoms in total. The first-order valence-electron chi connectivity index (χ1n) is 14.3. The first-order valence-corrected chi connectivity index (χ1v) is 14.3. The topological polar surface area (TPSA) is 90.9 Å². The summed E-state index contributed by atoms with van der Waals surface area (Å²) < 4.78 is 33.2. The third-order valence-corrected chi connectivity index (χ3v) is 7.52. The molecule has 1 aliphatic heterocycles. The zero-order valence-corrected chi connectivity index (χ0v) is 25.6. The fourth-order valence-corrected chi connectivity index (χ4v) is 5.47. The van der Waals surface area contributed by atoms with Crippen LogP contribution in [0.15, 0.2) is 60.7 Å². The highest BCUT2D eigenvalue weighted by Crippen LogP contribution is 2.22. The first-order chi connectivity index (χ1) is 20.7. The molecule has 3 atom stereocenters. The molecule has 0 bridgehead atoms. The van der Waals surface area contributed by atoms with Crippen molar-refractivity contribution >= 4 is 24.2 Å². The zero-order chi connectivity index (χ0) is 30.9. The van der Waals surface area contributed by atoms with E-state index in [1.54, 1.807) is 31.1 Å². The fourth-order valence-electron chi connectivity index (χ4n) is 5.47. The highest BCUT2D eigenvalue weighted by atomic mass is 35.5. The molecule has 0 radical (unpaired) electrons. The maximum Gasteiger partial charge on any atom is 0.254 e. The van der Waals surface area contributed by atoms with E-state index >= 15 is 0 Å². The molecule has 44 heavy (non-hydrogen) atoms. The summed E-state index contributed by atoms with van der Waals surface area (Å²) in [7, 11) is 1.60. The van der Waals surface area contributed by atoms with Gasteiger partial charge < -0.3 is 25.4 Å². The van der Waals surface area contributed by atoms with Gasteiger partial charge in [-0.3, -0.25) is 9.59 Å². The van der Waals surface area contributed by atoms with Gasteiger partial charge in [0.15, 0.2) is 0 Å². The lowest BCUT2D eigenvalue weighted by Crippen LogP contribution is -2.48. The Labute approximate surface area is 263 Å². The number of nitrogens with zero attached hydrogens (tertiary/aromatic N) is 1. The number of hydrogen-bond acceptors (Lipinski definition) is 5. The summed E-state index contributed by atoms with van der Waals surface area (Å²) in [6.07, 6.45) is 6.06. The van der Waals surface area contributed by atoms with Crippen LogP contribution in [0.2, 0.25) is 0 Å². The van der Waals surface area contributed by atoms with Crippen LogP contribution in [-0.2, 0) is 17.7 Å². The molecule has 3 aromatic rings. The highest BCUT2D eigenvalue weighted by Gasteiger charge is 2.30. The molecule has 0 spiro atoms. The first kappa shape index (κ1) is 34.7. The van der Waals surface area contributed by atoms with Crippen LogP contribution in [0.4, 0.5) is 8.78 Å². The molecule has 3 N–H and O–H groups in total. The predicted octanol–water partition coefficient (Wildman–Crippen LogP) is 4.42. The molecular weight excluding hydrogens is 588 g/mol. The predicted molar refractivity (Wildman–Crippen MR) is 168 cm³/mol. The minimum atomic E-state index is -1.11. The second-order valence-electron chi connectivity index (χ2n) is 10.9. The average Bonchev–Trinajstić information content (AvgIpc) is 3.44. The average molecular weight is 626 g/mol. The third-order valence-electron chi connectivity index (χ3n) is 7.52. The van der Waals surface area contributed by atoms with Crippen LogP contribution >= 0.6 is 12.4 Å². The molecule has 1 fully saturated rings. The number of aliphatic hydroxyl groups is 1. The maximum atomic E-state index is 14.0. The van der Waals surface area contributed by atoms with Gasteiger partial charge in [-0.05, 0) is 85.3 Å². The van der Waals surface area contributed by atoms with Gasteiger partial charge >= 0.3 is 0 Å². The number of rotatable bonds is 12. The van der Waals surface area contributed by atoms with Gasteiger partial charge in [-0.1, -0.05) is 18.1 Å². The second-order valence-corrected chi connectivity index (χ2v) is 10.9. The molecular formula is C34H38ClF2N3O4. The number of benzene rings is 3. The van der Waals surface area contributed by atoms with E-state index in [-0.39, 0.29) is 48.4 Å². The monoisotopic (exact) mass is 625 g/mol. The lowest BCUT2D eigenvalue weighted by atomic mass is 9.99. The van der Waals surface area contributed by atoms with E-state index in [1.165, 1.54) is 18.2 Å². The summed E-state index contributed by atoms with van der Waals surface area (Å²) in [6.45, 7) is 3.34. The van der Waals surface area contributed by atoms with E-state index in [9.17, 15) is 23.5 Å². The van der Waals surface area contributed by atoms with Crippen LogP contribution < -0.4 is 10.6 Å².